The minimum atomic E-state index is 1.05. The fourth-order valence-electron chi connectivity index (χ4n) is 0.923. The number of thiazole rings is 1. The van der Waals surface area contributed by atoms with E-state index in [0.29, 0.717) is 0 Å². The molecule has 0 aliphatic heterocycles. The van der Waals surface area contributed by atoms with Crippen molar-refractivity contribution in [2.45, 2.75) is 6.92 Å². The van der Waals surface area contributed by atoms with E-state index in [1.165, 1.54) is 0 Å². The van der Waals surface area contributed by atoms with Crippen LogP contribution in [0.1, 0.15) is 5.69 Å². The summed E-state index contributed by atoms with van der Waals surface area (Å²) in [4.78, 5) is 8.10. The molecule has 2 rings (SSSR count). The van der Waals surface area contributed by atoms with Gasteiger partial charge in [-0.15, -0.1) is 11.3 Å². The Labute approximate surface area is 68.4 Å². The summed E-state index contributed by atoms with van der Waals surface area (Å²) in [6.07, 6.45) is 5.46. The normalized spacial score (nSPS) is 10.3. The minimum Gasteiger partial charge on any atom is -0.296 e. The van der Waals surface area contributed by atoms with Crippen LogP contribution < -0.4 is 0 Å². The van der Waals surface area contributed by atoms with Gasteiger partial charge in [0.2, 0.25) is 0 Å². The lowest BCUT2D eigenvalue weighted by atomic mass is 10.5. The molecule has 0 saturated carbocycles. The molecule has 3 nitrogen and oxygen atoms in total. The van der Waals surface area contributed by atoms with Gasteiger partial charge in [0, 0.05) is 12.4 Å². The molecule has 0 aliphatic rings. The van der Waals surface area contributed by atoms with E-state index in [4.69, 9.17) is 0 Å². The average Bonchev–Trinajstić information content (AvgIpc) is 2.55. The van der Waals surface area contributed by atoms with E-state index in [0.717, 1.165) is 10.7 Å². The van der Waals surface area contributed by atoms with Gasteiger partial charge in [0.25, 0.3) is 0 Å². The SMILES string of the molecule is Cc1ncsc1-n1ccnc1. The van der Waals surface area contributed by atoms with Crippen LogP contribution in [-0.2, 0) is 0 Å². The van der Waals surface area contributed by atoms with E-state index in [9.17, 15) is 0 Å². The van der Waals surface area contributed by atoms with E-state index in [2.05, 4.69) is 9.97 Å². The van der Waals surface area contributed by atoms with Crippen molar-refractivity contribution < 1.29 is 0 Å². The Bertz CT molecular complexity index is 336. The molecule has 11 heavy (non-hydrogen) atoms. The van der Waals surface area contributed by atoms with Crippen LogP contribution in [0.15, 0.2) is 24.2 Å². The fraction of sp³-hybridized carbons (Fsp3) is 0.143. The van der Waals surface area contributed by atoms with E-state index in [1.807, 2.05) is 23.2 Å². The van der Waals surface area contributed by atoms with Crippen molar-refractivity contribution in [3.63, 3.8) is 0 Å². The second-order valence-corrected chi connectivity index (χ2v) is 3.05. The van der Waals surface area contributed by atoms with Crippen molar-refractivity contribution in [2.24, 2.45) is 0 Å². The van der Waals surface area contributed by atoms with E-state index < -0.39 is 0 Å². The highest BCUT2D eigenvalue weighted by Gasteiger charge is 2.00. The predicted molar refractivity (Wildman–Crippen MR) is 44.0 cm³/mol. The van der Waals surface area contributed by atoms with Gasteiger partial charge in [-0.2, -0.15) is 0 Å². The molecular weight excluding hydrogens is 158 g/mol. The van der Waals surface area contributed by atoms with Gasteiger partial charge in [-0.05, 0) is 6.92 Å². The summed E-state index contributed by atoms with van der Waals surface area (Å²) in [7, 11) is 0. The lowest BCUT2D eigenvalue weighted by Gasteiger charge is -1.95. The maximum atomic E-state index is 4.14. The van der Waals surface area contributed by atoms with Crippen LogP contribution >= 0.6 is 11.3 Å². The first-order chi connectivity index (χ1) is 5.38. The minimum absolute atomic E-state index is 1.05. The molecule has 0 radical (unpaired) electrons. The van der Waals surface area contributed by atoms with Gasteiger partial charge >= 0.3 is 0 Å². The van der Waals surface area contributed by atoms with Gasteiger partial charge in [-0.1, -0.05) is 0 Å². The zero-order valence-electron chi connectivity index (χ0n) is 6.06. The molecule has 56 valence electrons. The summed E-state index contributed by atoms with van der Waals surface area (Å²) in [5, 5.41) is 1.14. The number of hydrogen-bond donors (Lipinski definition) is 0. The number of imidazole rings is 1. The fourth-order valence-corrected chi connectivity index (χ4v) is 1.69. The maximum absolute atomic E-state index is 4.14. The Kier molecular flexibility index (Phi) is 1.47. The van der Waals surface area contributed by atoms with Gasteiger partial charge in [-0.25, -0.2) is 9.97 Å². The van der Waals surface area contributed by atoms with Crippen molar-refractivity contribution in [1.82, 2.24) is 14.5 Å². The smallest absolute Gasteiger partial charge is 0.123 e. The molecule has 0 amide bonds. The molecule has 2 aromatic heterocycles. The third-order valence-corrected chi connectivity index (χ3v) is 2.40. The summed E-state index contributed by atoms with van der Waals surface area (Å²) in [6, 6.07) is 0. The van der Waals surface area contributed by atoms with Crippen LogP contribution in [0.25, 0.3) is 5.00 Å². The second-order valence-electron chi connectivity index (χ2n) is 2.21. The van der Waals surface area contributed by atoms with Crippen LogP contribution in [0.3, 0.4) is 0 Å². The lowest BCUT2D eigenvalue weighted by molar-refractivity contribution is 1.05. The monoisotopic (exact) mass is 165 g/mol. The molecule has 0 unspecified atom stereocenters. The first-order valence-corrected chi connectivity index (χ1v) is 4.14. The molecule has 4 heteroatoms. The first-order valence-electron chi connectivity index (χ1n) is 3.26. The van der Waals surface area contributed by atoms with Crippen LogP contribution in [-0.4, -0.2) is 14.5 Å². The summed E-state index contributed by atoms with van der Waals surface area (Å²) >= 11 is 1.62. The third-order valence-electron chi connectivity index (χ3n) is 1.46. The molecule has 2 aromatic rings. The van der Waals surface area contributed by atoms with Crippen LogP contribution in [0.4, 0.5) is 0 Å². The van der Waals surface area contributed by atoms with E-state index in [-0.39, 0.29) is 0 Å². The highest BCUT2D eigenvalue weighted by molar-refractivity contribution is 7.12. The van der Waals surface area contributed by atoms with Crippen LogP contribution in [0.2, 0.25) is 0 Å². The zero-order valence-corrected chi connectivity index (χ0v) is 6.88. The zero-order chi connectivity index (χ0) is 7.68. The van der Waals surface area contributed by atoms with Crippen LogP contribution in [0.5, 0.6) is 0 Å². The maximum Gasteiger partial charge on any atom is 0.123 e. The Hall–Kier alpha value is -1.16. The Morgan fingerprint density at radius 3 is 3.00 bits per heavy atom. The summed E-state index contributed by atoms with van der Waals surface area (Å²) < 4.78 is 1.97. The second kappa shape index (κ2) is 2.47. The van der Waals surface area contributed by atoms with E-state index >= 15 is 0 Å². The number of aromatic nitrogens is 3. The topological polar surface area (TPSA) is 30.7 Å². The molecule has 0 bridgehead atoms. The Morgan fingerprint density at radius 2 is 2.45 bits per heavy atom. The Balaban J connectivity index is 2.53. The van der Waals surface area contributed by atoms with Crippen molar-refractivity contribution in [1.29, 1.82) is 0 Å². The van der Waals surface area contributed by atoms with Crippen molar-refractivity contribution in [2.75, 3.05) is 0 Å². The molecule has 0 aromatic carbocycles. The number of nitrogens with zero attached hydrogens (tertiary/aromatic N) is 3. The van der Waals surface area contributed by atoms with Crippen molar-refractivity contribution >= 4 is 11.3 Å². The van der Waals surface area contributed by atoms with Crippen molar-refractivity contribution in [3.8, 4) is 5.00 Å². The predicted octanol–water partition coefficient (Wildman–Crippen LogP) is 1.64. The summed E-state index contributed by atoms with van der Waals surface area (Å²) in [5.74, 6) is 0. The molecule has 0 aliphatic carbocycles. The third kappa shape index (κ3) is 1.05. The molecule has 0 saturated heterocycles. The number of hydrogen-bond acceptors (Lipinski definition) is 3. The molecular formula is C7H7N3S. The summed E-state index contributed by atoms with van der Waals surface area (Å²) in [6.45, 7) is 1.99. The van der Waals surface area contributed by atoms with E-state index in [1.54, 1.807) is 23.9 Å². The van der Waals surface area contributed by atoms with Crippen molar-refractivity contribution in [3.05, 3.63) is 29.9 Å². The molecule has 2 heterocycles. The molecule has 0 fully saturated rings. The van der Waals surface area contributed by atoms with Gasteiger partial charge < -0.3 is 0 Å². The highest BCUT2D eigenvalue weighted by Crippen LogP contribution is 2.16. The highest BCUT2D eigenvalue weighted by atomic mass is 32.1. The summed E-state index contributed by atoms with van der Waals surface area (Å²) in [5.41, 5.74) is 2.89. The largest absolute Gasteiger partial charge is 0.296 e. The number of rotatable bonds is 1. The molecule has 0 N–H and O–H groups in total. The quantitative estimate of drug-likeness (QED) is 0.643. The lowest BCUT2D eigenvalue weighted by Crippen LogP contribution is -1.87. The van der Waals surface area contributed by atoms with Gasteiger partial charge in [-0.3, -0.25) is 4.57 Å². The Morgan fingerprint density at radius 1 is 1.55 bits per heavy atom. The van der Waals surface area contributed by atoms with Gasteiger partial charge in [0.1, 0.15) is 5.00 Å². The number of aryl methyl sites for hydroxylation is 1. The molecule has 0 spiro atoms. The van der Waals surface area contributed by atoms with Crippen LogP contribution in [0, 0.1) is 6.92 Å². The van der Waals surface area contributed by atoms with Gasteiger partial charge in [0.05, 0.1) is 17.5 Å². The molecule has 0 atom stereocenters. The first kappa shape index (κ1) is 6.54. The standard InChI is InChI=1S/C7H7N3S/c1-6-7(11-5-9-6)10-3-2-8-4-10/h2-5H,1H3. The average molecular weight is 165 g/mol. The van der Waals surface area contributed by atoms with Gasteiger partial charge in [0.15, 0.2) is 0 Å².